The smallest absolute Gasteiger partial charge is 0.416 e. The van der Waals surface area contributed by atoms with E-state index in [2.05, 4.69) is 5.43 Å². The van der Waals surface area contributed by atoms with E-state index in [1.807, 2.05) is 0 Å². The first-order valence-corrected chi connectivity index (χ1v) is 12.5. The van der Waals surface area contributed by atoms with Crippen molar-refractivity contribution >= 4 is 63.5 Å². The van der Waals surface area contributed by atoms with Crippen molar-refractivity contribution in [2.45, 2.75) is 6.18 Å². The predicted octanol–water partition coefficient (Wildman–Crippen LogP) is 6.61. The van der Waals surface area contributed by atoms with Crippen molar-refractivity contribution < 1.29 is 37.2 Å². The molecule has 0 atom stereocenters. The number of carbonyl (C=O) groups excluding carboxylic acids is 2. The fourth-order valence-corrected chi connectivity index (χ4v) is 4.69. The summed E-state index contributed by atoms with van der Waals surface area (Å²) in [5, 5.41) is 12.7. The number of thiocarbonyl (C=S) groups is 1. The molecule has 1 aliphatic heterocycles. The van der Waals surface area contributed by atoms with Crippen LogP contribution in [0, 0.1) is 10.1 Å². The van der Waals surface area contributed by atoms with Crippen molar-refractivity contribution in [1.82, 2.24) is 10.4 Å². The van der Waals surface area contributed by atoms with Gasteiger partial charge in [0.2, 0.25) is 5.75 Å². The number of hydrogen-bond donors (Lipinski definition) is 1. The van der Waals surface area contributed by atoms with Crippen LogP contribution >= 0.6 is 35.6 Å². The number of nitro groups is 1. The summed E-state index contributed by atoms with van der Waals surface area (Å²) < 4.78 is 49.9. The van der Waals surface area contributed by atoms with Crippen LogP contribution in [0.25, 0.3) is 6.08 Å². The number of methoxy groups -OCH3 is 1. The summed E-state index contributed by atoms with van der Waals surface area (Å²) in [6, 6.07) is 12.2. The summed E-state index contributed by atoms with van der Waals surface area (Å²) in [5.74, 6) is -1.53. The van der Waals surface area contributed by atoms with Gasteiger partial charge in [-0.05, 0) is 72.4 Å². The van der Waals surface area contributed by atoms with Gasteiger partial charge in [-0.3, -0.25) is 25.1 Å². The van der Waals surface area contributed by atoms with Gasteiger partial charge in [-0.25, -0.2) is 0 Å². The number of halogens is 4. The van der Waals surface area contributed by atoms with E-state index in [0.717, 1.165) is 22.8 Å². The Morgan fingerprint density at radius 2 is 1.77 bits per heavy atom. The predicted molar refractivity (Wildman–Crippen MR) is 145 cm³/mol. The molecule has 0 bridgehead atoms. The molecule has 0 spiro atoms. The highest BCUT2D eigenvalue weighted by atomic mass is 35.5. The molecule has 0 unspecified atom stereocenters. The number of amides is 2. The van der Waals surface area contributed by atoms with E-state index in [-0.39, 0.29) is 26.3 Å². The zero-order valence-electron chi connectivity index (χ0n) is 20.0. The third kappa shape index (κ3) is 6.35. The number of hydrazine groups is 1. The average molecular weight is 610 g/mol. The van der Waals surface area contributed by atoms with Crippen molar-refractivity contribution in [3.8, 4) is 17.2 Å². The number of thioether (sulfide) groups is 1. The summed E-state index contributed by atoms with van der Waals surface area (Å²) >= 11 is 12.0. The Kier molecular flexibility index (Phi) is 8.32. The monoisotopic (exact) mass is 609 g/mol. The molecular formula is C25H15ClF3N3O6S2. The Bertz CT molecular complexity index is 1560. The molecule has 0 aliphatic carbocycles. The molecule has 3 aromatic carbocycles. The van der Waals surface area contributed by atoms with Crippen molar-refractivity contribution in [2.24, 2.45) is 0 Å². The van der Waals surface area contributed by atoms with Crippen molar-refractivity contribution in [3.05, 3.63) is 97.4 Å². The van der Waals surface area contributed by atoms with E-state index >= 15 is 0 Å². The second-order valence-corrected chi connectivity index (χ2v) is 10.0. The van der Waals surface area contributed by atoms with Crippen molar-refractivity contribution in [1.29, 1.82) is 0 Å². The molecule has 15 heteroatoms. The highest BCUT2D eigenvalue weighted by Crippen LogP contribution is 2.41. The van der Waals surface area contributed by atoms with Crippen molar-refractivity contribution in [3.63, 3.8) is 0 Å². The van der Waals surface area contributed by atoms with Crippen LogP contribution in [0.1, 0.15) is 21.5 Å². The minimum Gasteiger partial charge on any atom is -0.493 e. The fraction of sp³-hybridized carbons (Fsp3) is 0.0800. The molecule has 2 amide bonds. The van der Waals surface area contributed by atoms with Crippen LogP contribution in [0.2, 0.25) is 5.02 Å². The Labute approximate surface area is 238 Å². The molecule has 1 heterocycles. The molecule has 1 fully saturated rings. The van der Waals surface area contributed by atoms with Gasteiger partial charge >= 0.3 is 11.9 Å². The van der Waals surface area contributed by atoms with Crippen molar-refractivity contribution in [2.75, 3.05) is 7.11 Å². The standard InChI is InChI=1S/C25H15ClF3N3O6S2/c1-37-20-10-13(2-8-19(20)38-18-9-5-15(25(27,28)29)12-17(18)32(35)36)11-21-23(34)31(24(39)40-21)30-22(33)14-3-6-16(26)7-4-14/h2-12H,1H3,(H,30,33)/b21-11+. The van der Waals surface area contributed by atoms with Crippen LogP contribution in [0.5, 0.6) is 17.2 Å². The molecule has 4 rings (SSSR count). The zero-order valence-corrected chi connectivity index (χ0v) is 22.4. The summed E-state index contributed by atoms with van der Waals surface area (Å²) in [6.07, 6.45) is -3.30. The molecule has 9 nitrogen and oxygen atoms in total. The number of nitrogens with zero attached hydrogens (tertiary/aromatic N) is 2. The van der Waals surface area contributed by atoms with Gasteiger partial charge in [0.05, 0.1) is 22.5 Å². The molecular weight excluding hydrogens is 595 g/mol. The minimum atomic E-state index is -4.78. The first-order chi connectivity index (χ1) is 18.9. The third-order valence-corrected chi connectivity index (χ3v) is 6.86. The Morgan fingerprint density at radius 3 is 2.40 bits per heavy atom. The van der Waals surface area contributed by atoms with E-state index < -0.39 is 39.9 Å². The van der Waals surface area contributed by atoms with Gasteiger partial charge in [0.25, 0.3) is 11.8 Å². The number of nitrogens with one attached hydrogen (secondary N) is 1. The van der Waals surface area contributed by atoms with Crippen LogP contribution in [-0.4, -0.2) is 33.2 Å². The number of carbonyl (C=O) groups is 2. The Balaban J connectivity index is 1.55. The first kappa shape index (κ1) is 28.9. The molecule has 1 N–H and O–H groups in total. The summed E-state index contributed by atoms with van der Waals surface area (Å²) in [4.78, 5) is 36.0. The van der Waals surface area contributed by atoms with E-state index in [4.69, 9.17) is 33.3 Å². The lowest BCUT2D eigenvalue weighted by molar-refractivity contribution is -0.385. The minimum absolute atomic E-state index is 0.0229. The summed E-state index contributed by atoms with van der Waals surface area (Å²) in [5.41, 5.74) is 1.06. The molecule has 0 radical (unpaired) electrons. The molecule has 40 heavy (non-hydrogen) atoms. The number of rotatable bonds is 7. The van der Waals surface area contributed by atoms with Crippen LogP contribution in [0.4, 0.5) is 18.9 Å². The molecule has 206 valence electrons. The summed E-state index contributed by atoms with van der Waals surface area (Å²) in [7, 11) is 1.29. The molecule has 0 saturated carbocycles. The van der Waals surface area contributed by atoms with Gasteiger partial charge in [0.15, 0.2) is 15.8 Å². The zero-order chi connectivity index (χ0) is 29.2. The highest BCUT2D eigenvalue weighted by molar-refractivity contribution is 8.26. The van der Waals surface area contributed by atoms with Crippen LogP contribution in [0.15, 0.2) is 65.6 Å². The van der Waals surface area contributed by atoms with Gasteiger partial charge in [0, 0.05) is 16.7 Å². The molecule has 3 aromatic rings. The number of hydrogen-bond acceptors (Lipinski definition) is 8. The van der Waals surface area contributed by atoms with Crippen LogP contribution in [0.3, 0.4) is 0 Å². The molecule has 1 saturated heterocycles. The van der Waals surface area contributed by atoms with E-state index in [0.29, 0.717) is 22.7 Å². The second kappa shape index (κ2) is 11.5. The molecule has 1 aliphatic rings. The Morgan fingerprint density at radius 1 is 1.10 bits per heavy atom. The van der Waals surface area contributed by atoms with E-state index in [1.54, 1.807) is 0 Å². The van der Waals surface area contributed by atoms with E-state index in [1.165, 1.54) is 55.7 Å². The SMILES string of the molecule is COc1cc(/C=C2/SC(=S)N(NC(=O)c3ccc(Cl)cc3)C2=O)ccc1Oc1ccc(C(F)(F)F)cc1[N+](=O)[O-]. The summed E-state index contributed by atoms with van der Waals surface area (Å²) in [6.45, 7) is 0. The lowest BCUT2D eigenvalue weighted by atomic mass is 10.1. The lowest BCUT2D eigenvalue weighted by Gasteiger charge is -2.15. The van der Waals surface area contributed by atoms with Gasteiger partial charge in [-0.1, -0.05) is 29.4 Å². The average Bonchev–Trinajstić information content (AvgIpc) is 3.16. The topological polar surface area (TPSA) is 111 Å². The number of benzene rings is 3. The number of ether oxygens (including phenoxy) is 2. The normalized spacial score (nSPS) is 14.4. The van der Waals surface area contributed by atoms with Crippen LogP contribution in [-0.2, 0) is 11.0 Å². The largest absolute Gasteiger partial charge is 0.493 e. The lowest BCUT2D eigenvalue weighted by Crippen LogP contribution is -2.44. The maximum Gasteiger partial charge on any atom is 0.416 e. The van der Waals surface area contributed by atoms with E-state index in [9.17, 15) is 32.9 Å². The maximum atomic E-state index is 13.0. The number of alkyl halides is 3. The second-order valence-electron chi connectivity index (χ2n) is 7.91. The van der Waals surface area contributed by atoms with Gasteiger partial charge in [-0.15, -0.1) is 0 Å². The quantitative estimate of drug-likeness (QED) is 0.138. The molecule has 0 aromatic heterocycles. The first-order valence-electron chi connectivity index (χ1n) is 10.9. The third-order valence-electron chi connectivity index (χ3n) is 5.30. The number of nitro benzene ring substituents is 1. The van der Waals surface area contributed by atoms with Gasteiger partial charge in [0.1, 0.15) is 0 Å². The Hall–Kier alpha value is -4.14. The maximum absolute atomic E-state index is 13.0. The fourth-order valence-electron chi connectivity index (χ4n) is 3.38. The highest BCUT2D eigenvalue weighted by Gasteiger charge is 2.35. The van der Waals surface area contributed by atoms with Gasteiger partial charge in [-0.2, -0.15) is 18.2 Å². The van der Waals surface area contributed by atoms with Gasteiger partial charge < -0.3 is 9.47 Å². The van der Waals surface area contributed by atoms with Crippen LogP contribution < -0.4 is 14.9 Å².